The predicted octanol–water partition coefficient (Wildman–Crippen LogP) is 3.95. The molecule has 0 fully saturated rings. The van der Waals surface area contributed by atoms with Crippen molar-refractivity contribution in [3.63, 3.8) is 0 Å². The van der Waals surface area contributed by atoms with E-state index >= 15 is 0 Å². The highest BCUT2D eigenvalue weighted by molar-refractivity contribution is 7.93. The Bertz CT molecular complexity index is 1390. The molecule has 3 aromatic rings. The number of anilines is 1. The number of carbonyl (C=O) groups is 1. The maximum absolute atomic E-state index is 13.2. The van der Waals surface area contributed by atoms with Crippen molar-refractivity contribution >= 4 is 49.8 Å². The Labute approximate surface area is 198 Å². The third kappa shape index (κ3) is 4.29. The van der Waals surface area contributed by atoms with Gasteiger partial charge < -0.3 is 15.0 Å². The molecule has 0 aliphatic carbocycles. The summed E-state index contributed by atoms with van der Waals surface area (Å²) in [6.45, 7) is 1.79. The van der Waals surface area contributed by atoms with E-state index in [4.69, 9.17) is 17.0 Å². The Balaban J connectivity index is 1.72. The number of allylic oxidation sites excluding steroid dienone is 1. The predicted molar refractivity (Wildman–Crippen MR) is 132 cm³/mol. The number of esters is 1. The van der Waals surface area contributed by atoms with E-state index in [1.807, 2.05) is 18.2 Å². The number of benzene rings is 3. The highest BCUT2D eigenvalue weighted by atomic mass is 32.2. The number of sulfonamides is 1. The van der Waals surface area contributed by atoms with Gasteiger partial charge in [0.25, 0.3) is 10.0 Å². The number of hydrogen-bond acceptors (Lipinski definition) is 5. The molecule has 33 heavy (non-hydrogen) atoms. The fourth-order valence-corrected chi connectivity index (χ4v) is 5.42. The van der Waals surface area contributed by atoms with E-state index in [0.717, 1.165) is 5.39 Å². The van der Waals surface area contributed by atoms with Gasteiger partial charge in [-0.2, -0.15) is 0 Å². The largest absolute Gasteiger partial charge is 0.466 e. The summed E-state index contributed by atoms with van der Waals surface area (Å²) in [4.78, 5) is 14.4. The molecule has 0 bridgehead atoms. The molecule has 0 saturated carbocycles. The second kappa shape index (κ2) is 8.84. The molecule has 4 rings (SSSR count). The van der Waals surface area contributed by atoms with Crippen molar-refractivity contribution in [3.05, 3.63) is 83.6 Å². The summed E-state index contributed by atoms with van der Waals surface area (Å²) >= 11 is 5.40. The van der Waals surface area contributed by atoms with Gasteiger partial charge in [0.2, 0.25) is 0 Å². The SMILES string of the molecule is COC(=O)C1=C(C)N(C)C(=S)NC1c1cccc(NS(=O)(=O)c2cccc3ccccc23)c1. The van der Waals surface area contributed by atoms with Crippen LogP contribution in [0.15, 0.2) is 82.9 Å². The van der Waals surface area contributed by atoms with Gasteiger partial charge in [-0.3, -0.25) is 4.72 Å². The van der Waals surface area contributed by atoms with Crippen molar-refractivity contribution < 1.29 is 17.9 Å². The third-order valence-corrected chi connectivity index (χ3v) is 7.50. The highest BCUT2D eigenvalue weighted by Gasteiger charge is 2.33. The van der Waals surface area contributed by atoms with Crippen LogP contribution in [0.2, 0.25) is 0 Å². The van der Waals surface area contributed by atoms with Crippen LogP contribution in [-0.4, -0.2) is 38.6 Å². The van der Waals surface area contributed by atoms with Gasteiger partial charge in [0, 0.05) is 23.8 Å². The fourth-order valence-electron chi connectivity index (χ4n) is 3.88. The maximum atomic E-state index is 13.2. The zero-order valence-corrected chi connectivity index (χ0v) is 20.0. The number of fused-ring (bicyclic) bond motifs is 1. The normalized spacial score (nSPS) is 16.5. The first-order valence-electron chi connectivity index (χ1n) is 10.2. The lowest BCUT2D eigenvalue weighted by molar-refractivity contribution is -0.136. The fraction of sp³-hybridized carbons (Fsp3) is 0.167. The van der Waals surface area contributed by atoms with E-state index in [9.17, 15) is 13.2 Å². The molecular formula is C24H23N3O4S2. The smallest absolute Gasteiger partial charge is 0.337 e. The highest BCUT2D eigenvalue weighted by Crippen LogP contribution is 2.32. The minimum Gasteiger partial charge on any atom is -0.466 e. The van der Waals surface area contributed by atoms with Crippen molar-refractivity contribution in [2.75, 3.05) is 18.9 Å². The number of ether oxygens (including phenoxy) is 1. The van der Waals surface area contributed by atoms with Gasteiger partial charge in [0.15, 0.2) is 5.11 Å². The van der Waals surface area contributed by atoms with Crippen molar-refractivity contribution in [1.29, 1.82) is 0 Å². The van der Waals surface area contributed by atoms with Crippen LogP contribution in [0.1, 0.15) is 18.5 Å². The molecule has 1 unspecified atom stereocenters. The summed E-state index contributed by atoms with van der Waals surface area (Å²) in [5.74, 6) is -0.485. The van der Waals surface area contributed by atoms with Gasteiger partial charge in [0.05, 0.1) is 23.6 Å². The Kier molecular flexibility index (Phi) is 6.09. The molecule has 9 heteroatoms. The average Bonchev–Trinajstić information content (AvgIpc) is 2.81. The van der Waals surface area contributed by atoms with Gasteiger partial charge in [-0.15, -0.1) is 0 Å². The maximum Gasteiger partial charge on any atom is 0.337 e. The monoisotopic (exact) mass is 481 g/mol. The number of nitrogens with one attached hydrogen (secondary N) is 2. The molecule has 170 valence electrons. The summed E-state index contributed by atoms with van der Waals surface area (Å²) in [5.41, 5.74) is 2.11. The van der Waals surface area contributed by atoms with Crippen LogP contribution in [0.5, 0.6) is 0 Å². The summed E-state index contributed by atoms with van der Waals surface area (Å²) in [7, 11) is -0.777. The molecule has 0 aromatic heterocycles. The molecule has 0 radical (unpaired) electrons. The number of thiocarbonyl (C=S) groups is 1. The van der Waals surface area contributed by atoms with E-state index < -0.39 is 22.0 Å². The summed E-state index contributed by atoms with van der Waals surface area (Å²) in [5, 5.41) is 5.07. The number of hydrogen-bond donors (Lipinski definition) is 2. The van der Waals surface area contributed by atoms with Gasteiger partial charge >= 0.3 is 5.97 Å². The third-order valence-electron chi connectivity index (χ3n) is 5.67. The van der Waals surface area contributed by atoms with E-state index in [1.165, 1.54) is 7.11 Å². The minimum atomic E-state index is -3.86. The molecule has 1 heterocycles. The molecule has 0 saturated heterocycles. The summed E-state index contributed by atoms with van der Waals surface area (Å²) < 4.78 is 34.1. The lowest BCUT2D eigenvalue weighted by Crippen LogP contribution is -2.46. The molecule has 0 amide bonds. The van der Waals surface area contributed by atoms with Gasteiger partial charge in [-0.05, 0) is 48.3 Å². The van der Waals surface area contributed by atoms with Gasteiger partial charge in [-0.25, -0.2) is 13.2 Å². The Morgan fingerprint density at radius 2 is 1.79 bits per heavy atom. The molecular weight excluding hydrogens is 458 g/mol. The van der Waals surface area contributed by atoms with Crippen molar-refractivity contribution in [3.8, 4) is 0 Å². The summed E-state index contributed by atoms with van der Waals surface area (Å²) in [6, 6.07) is 18.8. The van der Waals surface area contributed by atoms with Crippen LogP contribution >= 0.6 is 12.2 Å². The minimum absolute atomic E-state index is 0.190. The van der Waals surface area contributed by atoms with Crippen molar-refractivity contribution in [1.82, 2.24) is 10.2 Å². The standard InChI is InChI=1S/C24H23N3O4S2/c1-15-21(23(28)31-3)22(25-24(32)27(15)2)17-10-6-11-18(14-17)26-33(29,30)20-13-7-9-16-8-4-5-12-19(16)20/h4-14,22,26H,1-3H3,(H,25,32). The number of rotatable bonds is 5. The molecule has 7 nitrogen and oxygen atoms in total. The molecule has 1 atom stereocenters. The van der Waals surface area contributed by atoms with Crippen molar-refractivity contribution in [2.45, 2.75) is 17.9 Å². The molecule has 2 N–H and O–H groups in total. The lowest BCUT2D eigenvalue weighted by Gasteiger charge is -2.35. The van der Waals surface area contributed by atoms with Crippen LogP contribution in [0.25, 0.3) is 10.8 Å². The number of methoxy groups -OCH3 is 1. The Morgan fingerprint density at radius 3 is 2.55 bits per heavy atom. The molecule has 1 aliphatic heterocycles. The van der Waals surface area contributed by atoms with E-state index in [-0.39, 0.29) is 4.90 Å². The second-order valence-electron chi connectivity index (χ2n) is 7.64. The van der Waals surface area contributed by atoms with Crippen molar-refractivity contribution in [2.24, 2.45) is 0 Å². The van der Waals surface area contributed by atoms with E-state index in [0.29, 0.717) is 33.0 Å². The first kappa shape index (κ1) is 22.8. The summed E-state index contributed by atoms with van der Waals surface area (Å²) in [6.07, 6.45) is 0. The first-order valence-corrected chi connectivity index (χ1v) is 12.1. The van der Waals surface area contributed by atoms with Crippen LogP contribution in [0, 0.1) is 0 Å². The van der Waals surface area contributed by atoms with Crippen LogP contribution < -0.4 is 10.0 Å². The first-order chi connectivity index (χ1) is 15.7. The van der Waals surface area contributed by atoms with Crippen LogP contribution in [0.4, 0.5) is 5.69 Å². The molecule has 0 spiro atoms. The van der Waals surface area contributed by atoms with Gasteiger partial charge in [0.1, 0.15) is 0 Å². The zero-order chi connectivity index (χ0) is 23.8. The topological polar surface area (TPSA) is 87.7 Å². The van der Waals surface area contributed by atoms with Crippen LogP contribution in [-0.2, 0) is 19.6 Å². The number of carbonyl (C=O) groups excluding carboxylic acids is 1. The average molecular weight is 482 g/mol. The Hall–Kier alpha value is -3.43. The van der Waals surface area contributed by atoms with Gasteiger partial charge in [-0.1, -0.05) is 48.5 Å². The molecule has 3 aromatic carbocycles. The second-order valence-corrected chi connectivity index (χ2v) is 9.68. The molecule has 1 aliphatic rings. The lowest BCUT2D eigenvalue weighted by atomic mass is 9.95. The van der Waals surface area contributed by atoms with E-state index in [1.54, 1.807) is 67.4 Å². The van der Waals surface area contributed by atoms with Crippen LogP contribution in [0.3, 0.4) is 0 Å². The Morgan fingerprint density at radius 1 is 1.09 bits per heavy atom. The zero-order valence-electron chi connectivity index (χ0n) is 18.3. The quantitative estimate of drug-likeness (QED) is 0.421. The van der Waals surface area contributed by atoms with E-state index in [2.05, 4.69) is 10.0 Å². The number of nitrogens with zero attached hydrogens (tertiary/aromatic N) is 1.